The van der Waals surface area contributed by atoms with E-state index < -0.39 is 41.4 Å². The highest BCUT2D eigenvalue weighted by Gasteiger charge is 2.36. The fourth-order valence-corrected chi connectivity index (χ4v) is 1.37. The van der Waals surface area contributed by atoms with Gasteiger partial charge in [-0.25, -0.2) is 4.18 Å². The minimum absolute atomic E-state index is 0.164. The van der Waals surface area contributed by atoms with Gasteiger partial charge in [-0.15, -0.1) is 0 Å². The van der Waals surface area contributed by atoms with Crippen LogP contribution in [0.1, 0.15) is 0 Å². The van der Waals surface area contributed by atoms with Crippen LogP contribution in [0.5, 0.6) is 0 Å². The first-order valence-corrected chi connectivity index (χ1v) is 5.35. The van der Waals surface area contributed by atoms with Crippen LogP contribution in [-0.4, -0.2) is 70.7 Å². The molecular weight excluding hydrogens is 248 g/mol. The highest BCUT2D eigenvalue weighted by molar-refractivity contribution is 7.80. The summed E-state index contributed by atoms with van der Waals surface area (Å²) in [6, 6.07) is 0. The second-order valence-corrected chi connectivity index (χ2v) is 3.90. The van der Waals surface area contributed by atoms with Crippen LogP contribution < -0.4 is 0 Å². The predicted octanol–water partition coefficient (Wildman–Crippen LogP) is -3.55. The molecule has 0 saturated heterocycles. The molecule has 96 valence electrons. The zero-order valence-electron chi connectivity index (χ0n) is 7.87. The molecule has 10 heteroatoms. The summed E-state index contributed by atoms with van der Waals surface area (Å²) < 4.78 is 32.8. The van der Waals surface area contributed by atoms with Crippen molar-refractivity contribution in [3.63, 3.8) is 0 Å². The van der Waals surface area contributed by atoms with Gasteiger partial charge < -0.3 is 25.2 Å². The molecule has 0 aliphatic heterocycles. The Bertz CT molecular complexity index is 312. The van der Waals surface area contributed by atoms with Crippen molar-refractivity contribution in [2.24, 2.45) is 0 Å². The number of carbonyl (C=O) groups is 1. The van der Waals surface area contributed by atoms with Crippen LogP contribution in [0.2, 0.25) is 0 Å². The van der Waals surface area contributed by atoms with Gasteiger partial charge in [0.15, 0.2) is 6.29 Å². The molecule has 0 amide bonds. The summed E-state index contributed by atoms with van der Waals surface area (Å²) in [4.78, 5) is 10.2. The fraction of sp³-hybridized carbons (Fsp3) is 0.833. The molecule has 0 unspecified atom stereocenters. The van der Waals surface area contributed by atoms with Crippen molar-refractivity contribution in [1.29, 1.82) is 0 Å². The van der Waals surface area contributed by atoms with Crippen LogP contribution in [0.3, 0.4) is 0 Å². The third-order valence-corrected chi connectivity index (χ3v) is 2.09. The van der Waals surface area contributed by atoms with Crippen molar-refractivity contribution in [1.82, 2.24) is 0 Å². The highest BCUT2D eigenvalue weighted by Crippen LogP contribution is 2.11. The second kappa shape index (κ2) is 6.20. The van der Waals surface area contributed by atoms with Crippen molar-refractivity contribution >= 4 is 16.7 Å². The van der Waals surface area contributed by atoms with Crippen LogP contribution in [0.25, 0.3) is 0 Å². The van der Waals surface area contributed by atoms with E-state index in [0.29, 0.717) is 0 Å². The quantitative estimate of drug-likeness (QED) is 0.230. The lowest BCUT2D eigenvalue weighted by atomic mass is 10.0. The number of carbonyl (C=O) groups excluding carboxylic acids is 1. The monoisotopic (exact) mass is 260 g/mol. The van der Waals surface area contributed by atoms with Crippen LogP contribution in [0, 0.1) is 0 Å². The van der Waals surface area contributed by atoms with Crippen molar-refractivity contribution in [3.05, 3.63) is 0 Å². The number of hydrogen-bond acceptors (Lipinski definition) is 8. The molecule has 0 aliphatic rings. The normalized spacial score (nSPS) is 19.8. The van der Waals surface area contributed by atoms with E-state index in [-0.39, 0.29) is 6.29 Å². The van der Waals surface area contributed by atoms with Gasteiger partial charge >= 0.3 is 10.4 Å². The summed E-state index contributed by atoms with van der Waals surface area (Å²) in [7, 11) is -5.04. The zero-order valence-corrected chi connectivity index (χ0v) is 8.69. The molecule has 0 spiro atoms. The number of aliphatic hydroxyl groups is 4. The maximum Gasteiger partial charge on any atom is 0.397 e. The molecular formula is C6H12O9S. The molecule has 0 heterocycles. The first-order chi connectivity index (χ1) is 7.22. The molecule has 0 aromatic carbocycles. The van der Waals surface area contributed by atoms with Crippen LogP contribution >= 0.6 is 0 Å². The Hall–Kier alpha value is -0.620. The summed E-state index contributed by atoms with van der Waals surface area (Å²) in [6.45, 7) is -0.960. The van der Waals surface area contributed by atoms with E-state index in [0.717, 1.165) is 0 Å². The molecule has 0 aliphatic carbocycles. The molecule has 9 nitrogen and oxygen atoms in total. The van der Waals surface area contributed by atoms with Gasteiger partial charge in [-0.05, 0) is 0 Å². The number of aliphatic hydroxyl groups excluding tert-OH is 4. The average Bonchev–Trinajstić information content (AvgIpc) is 2.21. The van der Waals surface area contributed by atoms with E-state index in [2.05, 4.69) is 4.18 Å². The van der Waals surface area contributed by atoms with E-state index >= 15 is 0 Å². The molecule has 0 fully saturated rings. The maximum absolute atomic E-state index is 10.3. The molecule has 0 aromatic heterocycles. The summed E-state index contributed by atoms with van der Waals surface area (Å²) in [5.41, 5.74) is 0. The van der Waals surface area contributed by atoms with Crippen molar-refractivity contribution in [2.45, 2.75) is 24.4 Å². The Labute approximate surface area is 90.9 Å². The predicted molar refractivity (Wildman–Crippen MR) is 47.6 cm³/mol. The fourth-order valence-electron chi connectivity index (χ4n) is 0.861. The summed E-state index contributed by atoms with van der Waals surface area (Å²) in [5, 5.41) is 35.6. The lowest BCUT2D eigenvalue weighted by Gasteiger charge is -2.25. The smallest absolute Gasteiger partial charge is 0.394 e. The summed E-state index contributed by atoms with van der Waals surface area (Å²) >= 11 is 0. The molecule has 0 radical (unpaired) electrons. The summed E-state index contributed by atoms with van der Waals surface area (Å²) in [5.74, 6) is 0. The zero-order chi connectivity index (χ0) is 12.9. The van der Waals surface area contributed by atoms with E-state index in [4.69, 9.17) is 19.9 Å². The molecule has 0 bridgehead atoms. The number of aldehydes is 1. The average molecular weight is 260 g/mol. The minimum Gasteiger partial charge on any atom is -0.394 e. The number of hydrogen-bond donors (Lipinski definition) is 5. The number of rotatable bonds is 7. The van der Waals surface area contributed by atoms with Crippen LogP contribution in [-0.2, 0) is 19.4 Å². The van der Waals surface area contributed by atoms with Gasteiger partial charge in [-0.3, -0.25) is 4.55 Å². The summed E-state index contributed by atoms with van der Waals surface area (Å²) in [6.07, 6.45) is -8.30. The SMILES string of the molecule is O=C[C@H](O)[C@H](OS(=O)(=O)O)[C@H](O)[C@H](O)CO. The van der Waals surface area contributed by atoms with Gasteiger partial charge in [0.05, 0.1) is 6.61 Å². The highest BCUT2D eigenvalue weighted by atomic mass is 32.3. The second-order valence-electron chi connectivity index (χ2n) is 2.86. The van der Waals surface area contributed by atoms with Crippen LogP contribution in [0.15, 0.2) is 0 Å². The van der Waals surface area contributed by atoms with Gasteiger partial charge in [0.2, 0.25) is 0 Å². The van der Waals surface area contributed by atoms with E-state index in [9.17, 15) is 18.3 Å². The Morgan fingerprint density at radius 3 is 2.06 bits per heavy atom. The van der Waals surface area contributed by atoms with Gasteiger partial charge in [0.1, 0.15) is 24.4 Å². The Kier molecular flexibility index (Phi) is 5.96. The Morgan fingerprint density at radius 2 is 1.75 bits per heavy atom. The van der Waals surface area contributed by atoms with Crippen LogP contribution in [0.4, 0.5) is 0 Å². The van der Waals surface area contributed by atoms with E-state index in [1.54, 1.807) is 0 Å². The Morgan fingerprint density at radius 1 is 1.25 bits per heavy atom. The topological polar surface area (TPSA) is 162 Å². The maximum atomic E-state index is 10.3. The minimum atomic E-state index is -5.04. The van der Waals surface area contributed by atoms with E-state index in [1.165, 1.54) is 0 Å². The third-order valence-electron chi connectivity index (χ3n) is 1.63. The first kappa shape index (κ1) is 15.4. The molecule has 16 heavy (non-hydrogen) atoms. The largest absolute Gasteiger partial charge is 0.397 e. The van der Waals surface area contributed by atoms with Crippen molar-refractivity contribution < 1.29 is 42.4 Å². The first-order valence-electron chi connectivity index (χ1n) is 3.99. The molecule has 0 saturated carbocycles. The van der Waals surface area contributed by atoms with Gasteiger partial charge in [-0.1, -0.05) is 0 Å². The third kappa shape index (κ3) is 4.94. The molecule has 0 rings (SSSR count). The standard InChI is InChI=1S/C6H12O9S/c7-1-3(9)5(11)6(4(10)2-8)15-16(12,13)14/h2-7,9-11H,1H2,(H,12,13,14)/t3-,4+,5-,6+/m1/s1. The Balaban J connectivity index is 4.87. The van der Waals surface area contributed by atoms with Gasteiger partial charge in [-0.2, -0.15) is 8.42 Å². The van der Waals surface area contributed by atoms with Gasteiger partial charge in [0.25, 0.3) is 0 Å². The molecule has 5 N–H and O–H groups in total. The lowest BCUT2D eigenvalue weighted by Crippen LogP contribution is -2.48. The van der Waals surface area contributed by atoms with Crippen molar-refractivity contribution in [3.8, 4) is 0 Å². The van der Waals surface area contributed by atoms with Crippen molar-refractivity contribution in [2.75, 3.05) is 6.61 Å². The molecule has 4 atom stereocenters. The van der Waals surface area contributed by atoms with E-state index in [1.807, 2.05) is 0 Å². The lowest BCUT2D eigenvalue weighted by molar-refractivity contribution is -0.132. The molecule has 0 aromatic rings. The van der Waals surface area contributed by atoms with Gasteiger partial charge in [0, 0.05) is 0 Å².